The van der Waals surface area contributed by atoms with Crippen molar-refractivity contribution in [2.24, 2.45) is 5.92 Å². The summed E-state index contributed by atoms with van der Waals surface area (Å²) in [7, 11) is 0. The second kappa shape index (κ2) is 5.73. The molecule has 0 spiro atoms. The van der Waals surface area contributed by atoms with Crippen LogP contribution in [0, 0.1) is 12.8 Å². The number of aromatic hydroxyl groups is 1. The molecule has 0 aromatic heterocycles. The standard InChI is InChI=1S/C15H18O6/c1-7-4-5-10-11(8(2)6-16)14(20-9(3)17)15(19)21-13(10)12(7)18/h4-5,8,11,14,16,18H,6H2,1-3H3. The minimum absolute atomic E-state index is 0.0775. The molecule has 0 aliphatic carbocycles. The topological polar surface area (TPSA) is 93.1 Å². The number of hydrogen-bond donors (Lipinski definition) is 2. The van der Waals surface area contributed by atoms with Crippen molar-refractivity contribution in [3.63, 3.8) is 0 Å². The number of carbonyl (C=O) groups is 2. The normalized spacial score (nSPS) is 22.2. The Kier molecular flexibility index (Phi) is 4.18. The fourth-order valence-electron chi connectivity index (χ4n) is 2.54. The molecular weight excluding hydrogens is 276 g/mol. The maximum atomic E-state index is 12.1. The number of aliphatic hydroxyl groups excluding tert-OH is 1. The predicted octanol–water partition coefficient (Wildman–Crippen LogP) is 1.26. The van der Waals surface area contributed by atoms with Crippen molar-refractivity contribution in [3.8, 4) is 11.5 Å². The van der Waals surface area contributed by atoms with Gasteiger partial charge in [-0.15, -0.1) is 0 Å². The number of aliphatic hydroxyl groups is 1. The van der Waals surface area contributed by atoms with Crippen molar-refractivity contribution in [3.05, 3.63) is 23.3 Å². The zero-order chi connectivity index (χ0) is 15.7. The molecule has 114 valence electrons. The van der Waals surface area contributed by atoms with E-state index in [0.29, 0.717) is 11.1 Å². The summed E-state index contributed by atoms with van der Waals surface area (Å²) in [5, 5.41) is 19.5. The molecule has 1 aliphatic rings. The van der Waals surface area contributed by atoms with Crippen LogP contribution in [0.15, 0.2) is 12.1 Å². The molecule has 0 amide bonds. The van der Waals surface area contributed by atoms with Crippen LogP contribution in [0.4, 0.5) is 0 Å². The third-order valence-corrected chi connectivity index (χ3v) is 3.68. The van der Waals surface area contributed by atoms with Crippen molar-refractivity contribution in [1.29, 1.82) is 0 Å². The van der Waals surface area contributed by atoms with E-state index in [2.05, 4.69) is 0 Å². The van der Waals surface area contributed by atoms with Crippen molar-refractivity contribution >= 4 is 11.9 Å². The van der Waals surface area contributed by atoms with Gasteiger partial charge in [-0.2, -0.15) is 0 Å². The predicted molar refractivity (Wildman–Crippen MR) is 73.0 cm³/mol. The van der Waals surface area contributed by atoms with Crippen LogP contribution in [-0.4, -0.2) is 34.9 Å². The highest BCUT2D eigenvalue weighted by atomic mass is 16.6. The van der Waals surface area contributed by atoms with Crippen molar-refractivity contribution in [2.75, 3.05) is 6.61 Å². The van der Waals surface area contributed by atoms with Gasteiger partial charge in [0.2, 0.25) is 6.10 Å². The Morgan fingerprint density at radius 1 is 1.48 bits per heavy atom. The van der Waals surface area contributed by atoms with Gasteiger partial charge in [0.05, 0.1) is 0 Å². The molecule has 1 heterocycles. The molecule has 0 fully saturated rings. The van der Waals surface area contributed by atoms with E-state index in [1.165, 1.54) is 6.92 Å². The number of benzene rings is 1. The van der Waals surface area contributed by atoms with E-state index in [4.69, 9.17) is 9.47 Å². The third-order valence-electron chi connectivity index (χ3n) is 3.68. The number of phenols is 1. The van der Waals surface area contributed by atoms with E-state index < -0.39 is 24.0 Å². The van der Waals surface area contributed by atoms with Crippen LogP contribution in [0.5, 0.6) is 11.5 Å². The summed E-state index contributed by atoms with van der Waals surface area (Å²) < 4.78 is 10.2. The Labute approximate surface area is 122 Å². The number of fused-ring (bicyclic) bond motifs is 1. The first-order valence-electron chi connectivity index (χ1n) is 6.69. The first-order chi connectivity index (χ1) is 9.86. The smallest absolute Gasteiger partial charge is 0.353 e. The molecule has 0 bridgehead atoms. The van der Waals surface area contributed by atoms with Crippen molar-refractivity contribution in [1.82, 2.24) is 0 Å². The largest absolute Gasteiger partial charge is 0.504 e. The highest BCUT2D eigenvalue weighted by Gasteiger charge is 2.44. The Balaban J connectivity index is 2.55. The highest BCUT2D eigenvalue weighted by Crippen LogP contribution is 2.45. The number of carbonyl (C=O) groups excluding carboxylic acids is 2. The first kappa shape index (κ1) is 15.3. The lowest BCUT2D eigenvalue weighted by Crippen LogP contribution is -2.42. The molecule has 1 aromatic rings. The molecule has 2 rings (SSSR count). The molecule has 3 atom stereocenters. The molecule has 0 saturated heterocycles. The molecule has 6 heteroatoms. The van der Waals surface area contributed by atoms with Crippen molar-refractivity contribution < 1.29 is 29.3 Å². The molecule has 1 aromatic carbocycles. The minimum atomic E-state index is -1.13. The van der Waals surface area contributed by atoms with Gasteiger partial charge in [0, 0.05) is 25.0 Å². The van der Waals surface area contributed by atoms with E-state index in [-0.39, 0.29) is 24.0 Å². The molecule has 21 heavy (non-hydrogen) atoms. The van der Waals surface area contributed by atoms with Crippen LogP contribution in [-0.2, 0) is 14.3 Å². The minimum Gasteiger partial charge on any atom is -0.504 e. The van der Waals surface area contributed by atoms with Gasteiger partial charge in [0.25, 0.3) is 0 Å². The molecular formula is C15H18O6. The Morgan fingerprint density at radius 2 is 2.14 bits per heavy atom. The number of phenolic OH excluding ortho intramolecular Hbond substituents is 1. The summed E-state index contributed by atoms with van der Waals surface area (Å²) in [5.41, 5.74) is 1.12. The summed E-state index contributed by atoms with van der Waals surface area (Å²) in [5.74, 6) is -2.30. The SMILES string of the molecule is CC(=O)OC1C(=O)Oc2c(ccc(C)c2O)C1C(C)CO. The molecule has 6 nitrogen and oxygen atoms in total. The molecule has 3 unspecified atom stereocenters. The summed E-state index contributed by atoms with van der Waals surface area (Å²) in [6, 6.07) is 3.40. The first-order valence-corrected chi connectivity index (χ1v) is 6.69. The summed E-state index contributed by atoms with van der Waals surface area (Å²) in [6.07, 6.45) is -1.13. The number of aryl methyl sites for hydroxylation is 1. The Morgan fingerprint density at radius 3 is 2.71 bits per heavy atom. The lowest BCUT2D eigenvalue weighted by Gasteiger charge is -2.34. The quantitative estimate of drug-likeness (QED) is 0.644. The van der Waals surface area contributed by atoms with E-state index in [1.54, 1.807) is 26.0 Å². The van der Waals surface area contributed by atoms with Crippen LogP contribution in [0.2, 0.25) is 0 Å². The van der Waals surface area contributed by atoms with E-state index in [1.807, 2.05) is 0 Å². The lowest BCUT2D eigenvalue weighted by atomic mass is 9.80. The van der Waals surface area contributed by atoms with Gasteiger partial charge >= 0.3 is 11.9 Å². The molecule has 1 aliphatic heterocycles. The number of ether oxygens (including phenoxy) is 2. The highest BCUT2D eigenvalue weighted by molar-refractivity contribution is 5.85. The van der Waals surface area contributed by atoms with Crippen LogP contribution in [0.1, 0.15) is 30.9 Å². The fourth-order valence-corrected chi connectivity index (χ4v) is 2.54. The van der Waals surface area contributed by atoms with Gasteiger partial charge in [-0.05, 0) is 18.4 Å². The lowest BCUT2D eigenvalue weighted by molar-refractivity contribution is -0.165. The monoisotopic (exact) mass is 294 g/mol. The van der Waals surface area contributed by atoms with Gasteiger partial charge in [-0.1, -0.05) is 19.1 Å². The number of rotatable bonds is 3. The van der Waals surface area contributed by atoms with Crippen molar-refractivity contribution in [2.45, 2.75) is 32.8 Å². The van der Waals surface area contributed by atoms with Crippen LogP contribution in [0.25, 0.3) is 0 Å². The average molecular weight is 294 g/mol. The summed E-state index contributed by atoms with van der Waals surface area (Å²) in [4.78, 5) is 23.3. The Bertz CT molecular complexity index is 580. The van der Waals surface area contributed by atoms with E-state index in [0.717, 1.165) is 0 Å². The number of hydrogen-bond acceptors (Lipinski definition) is 6. The van der Waals surface area contributed by atoms with E-state index >= 15 is 0 Å². The summed E-state index contributed by atoms with van der Waals surface area (Å²) in [6.45, 7) is 4.44. The van der Waals surface area contributed by atoms with Gasteiger partial charge in [-0.25, -0.2) is 4.79 Å². The maximum Gasteiger partial charge on any atom is 0.353 e. The second-order valence-electron chi connectivity index (χ2n) is 5.29. The van der Waals surface area contributed by atoms with Gasteiger partial charge in [0.1, 0.15) is 0 Å². The van der Waals surface area contributed by atoms with Crippen LogP contribution >= 0.6 is 0 Å². The number of esters is 2. The Hall–Kier alpha value is -2.08. The average Bonchev–Trinajstić information content (AvgIpc) is 2.43. The fraction of sp³-hybridized carbons (Fsp3) is 0.467. The second-order valence-corrected chi connectivity index (χ2v) is 5.29. The van der Waals surface area contributed by atoms with E-state index in [9.17, 15) is 19.8 Å². The molecule has 2 N–H and O–H groups in total. The molecule has 0 saturated carbocycles. The zero-order valence-electron chi connectivity index (χ0n) is 12.1. The third kappa shape index (κ3) is 2.71. The maximum absolute atomic E-state index is 12.1. The van der Waals surface area contributed by atoms with Crippen LogP contribution < -0.4 is 4.74 Å². The zero-order valence-corrected chi connectivity index (χ0v) is 12.1. The summed E-state index contributed by atoms with van der Waals surface area (Å²) >= 11 is 0. The van der Waals surface area contributed by atoms with Gasteiger partial charge in [0.15, 0.2) is 11.5 Å². The molecule has 0 radical (unpaired) electrons. The van der Waals surface area contributed by atoms with Gasteiger partial charge in [-0.3, -0.25) is 4.79 Å². The van der Waals surface area contributed by atoms with Gasteiger partial charge < -0.3 is 19.7 Å². The van der Waals surface area contributed by atoms with Crippen LogP contribution in [0.3, 0.4) is 0 Å².